The van der Waals surface area contributed by atoms with Crippen LogP contribution >= 0.6 is 11.5 Å². The van der Waals surface area contributed by atoms with Gasteiger partial charge in [-0.2, -0.15) is 4.37 Å². The van der Waals surface area contributed by atoms with Crippen LogP contribution in [-0.4, -0.2) is 34.9 Å². The number of rotatable bonds is 10. The Morgan fingerprint density at radius 1 is 1.03 bits per heavy atom. The van der Waals surface area contributed by atoms with Crippen molar-refractivity contribution in [3.63, 3.8) is 0 Å². The van der Waals surface area contributed by atoms with Crippen LogP contribution in [0.3, 0.4) is 0 Å². The molecule has 174 valence electrons. The third-order valence-corrected chi connectivity index (χ3v) is 7.20. The Kier molecular flexibility index (Phi) is 8.47. The number of hydrogen-bond donors (Lipinski definition) is 1. The molecule has 1 aliphatic rings. The molecule has 1 aliphatic heterocycles. The molecule has 0 radical (unpaired) electrons. The van der Waals surface area contributed by atoms with Crippen LogP contribution in [0.25, 0.3) is 0 Å². The Bertz CT molecular complexity index is 994. The van der Waals surface area contributed by atoms with Crippen molar-refractivity contribution in [3.05, 3.63) is 77.1 Å². The lowest BCUT2D eigenvalue weighted by molar-refractivity contribution is 0.0945. The van der Waals surface area contributed by atoms with Crippen molar-refractivity contribution in [3.8, 4) is 0 Å². The Morgan fingerprint density at radius 3 is 2.52 bits per heavy atom. The molecule has 6 heteroatoms. The lowest BCUT2D eigenvalue weighted by Crippen LogP contribution is -2.38. The fraction of sp³-hybridized carbons (Fsp3) is 0.444. The number of amides is 1. The van der Waals surface area contributed by atoms with Crippen molar-refractivity contribution < 1.29 is 4.79 Å². The van der Waals surface area contributed by atoms with Gasteiger partial charge in [0.2, 0.25) is 5.13 Å². The van der Waals surface area contributed by atoms with Gasteiger partial charge in [0.25, 0.3) is 5.91 Å². The molecule has 0 bridgehead atoms. The zero-order valence-electron chi connectivity index (χ0n) is 19.5. The topological polar surface area (TPSA) is 58.1 Å². The van der Waals surface area contributed by atoms with Crippen molar-refractivity contribution in [2.24, 2.45) is 5.92 Å². The molecule has 0 unspecified atom stereocenters. The third kappa shape index (κ3) is 6.87. The lowest BCUT2D eigenvalue weighted by Gasteiger charge is -2.31. The van der Waals surface area contributed by atoms with Crippen molar-refractivity contribution >= 4 is 22.6 Å². The molecule has 0 spiro atoms. The van der Waals surface area contributed by atoms with Gasteiger partial charge in [-0.25, -0.2) is 4.98 Å². The zero-order chi connectivity index (χ0) is 22.9. The number of aromatic nitrogens is 2. The molecular weight excluding hydrogens is 428 g/mol. The first-order valence-electron chi connectivity index (χ1n) is 12.2. The predicted octanol–water partition coefficient (Wildman–Crippen LogP) is 5.51. The molecule has 33 heavy (non-hydrogen) atoms. The maximum atomic E-state index is 12.6. The van der Waals surface area contributed by atoms with Crippen LogP contribution in [-0.2, 0) is 12.8 Å². The summed E-state index contributed by atoms with van der Waals surface area (Å²) < 4.78 is 4.56. The van der Waals surface area contributed by atoms with Crippen molar-refractivity contribution in [1.29, 1.82) is 0 Å². The van der Waals surface area contributed by atoms with Gasteiger partial charge in [-0.05, 0) is 54.9 Å². The van der Waals surface area contributed by atoms with E-state index in [1.54, 1.807) is 0 Å². The minimum Gasteiger partial charge on any atom is -0.352 e. The quantitative estimate of drug-likeness (QED) is 0.404. The highest BCUT2D eigenvalue weighted by Crippen LogP contribution is 2.25. The average molecular weight is 463 g/mol. The number of carbonyl (C=O) groups excluding carboxylic acids is 1. The summed E-state index contributed by atoms with van der Waals surface area (Å²) in [7, 11) is 0. The monoisotopic (exact) mass is 462 g/mol. The molecule has 0 atom stereocenters. The second kappa shape index (κ2) is 11.9. The first-order valence-corrected chi connectivity index (χ1v) is 13.0. The predicted molar refractivity (Wildman–Crippen MR) is 136 cm³/mol. The van der Waals surface area contributed by atoms with Crippen molar-refractivity contribution in [2.45, 2.75) is 51.9 Å². The molecule has 2 aromatic carbocycles. The van der Waals surface area contributed by atoms with E-state index in [9.17, 15) is 4.79 Å². The molecule has 1 N–H and O–H groups in total. The summed E-state index contributed by atoms with van der Waals surface area (Å²) in [4.78, 5) is 19.7. The zero-order valence-corrected chi connectivity index (χ0v) is 20.3. The number of unbranched alkanes of at least 4 members (excludes halogenated alkanes) is 2. The van der Waals surface area contributed by atoms with E-state index in [1.165, 1.54) is 41.9 Å². The van der Waals surface area contributed by atoms with Gasteiger partial charge in [0.1, 0.15) is 5.82 Å². The van der Waals surface area contributed by atoms with E-state index in [1.807, 2.05) is 18.2 Å². The van der Waals surface area contributed by atoms with Gasteiger partial charge in [0, 0.05) is 43.2 Å². The molecule has 5 nitrogen and oxygen atoms in total. The maximum Gasteiger partial charge on any atom is 0.251 e. The summed E-state index contributed by atoms with van der Waals surface area (Å²) in [6.07, 6.45) is 7.70. The van der Waals surface area contributed by atoms with Crippen LogP contribution in [0.2, 0.25) is 0 Å². The van der Waals surface area contributed by atoms with Gasteiger partial charge >= 0.3 is 0 Å². The molecule has 0 aliphatic carbocycles. The number of aryl methyl sites for hydroxylation is 1. The van der Waals surface area contributed by atoms with Gasteiger partial charge < -0.3 is 10.2 Å². The molecule has 1 amide bonds. The summed E-state index contributed by atoms with van der Waals surface area (Å²) in [5.41, 5.74) is 3.31. The fourth-order valence-electron chi connectivity index (χ4n) is 4.29. The number of benzene rings is 2. The van der Waals surface area contributed by atoms with E-state index < -0.39 is 0 Å². The maximum absolute atomic E-state index is 12.6. The van der Waals surface area contributed by atoms with Crippen molar-refractivity contribution in [1.82, 2.24) is 14.7 Å². The van der Waals surface area contributed by atoms with Gasteiger partial charge in [-0.1, -0.05) is 62.2 Å². The van der Waals surface area contributed by atoms with Crippen LogP contribution in [0.1, 0.15) is 66.3 Å². The molecule has 3 aromatic rings. The second-order valence-electron chi connectivity index (χ2n) is 8.95. The van der Waals surface area contributed by atoms with E-state index in [-0.39, 0.29) is 5.91 Å². The van der Waals surface area contributed by atoms with Crippen LogP contribution in [0, 0.1) is 5.92 Å². The third-order valence-electron chi connectivity index (χ3n) is 6.38. The summed E-state index contributed by atoms with van der Waals surface area (Å²) >= 11 is 1.49. The molecule has 1 aromatic heterocycles. The lowest BCUT2D eigenvalue weighted by atomic mass is 9.97. The van der Waals surface area contributed by atoms with Crippen LogP contribution in [0.4, 0.5) is 5.13 Å². The van der Waals surface area contributed by atoms with Gasteiger partial charge in [-0.15, -0.1) is 0 Å². The summed E-state index contributed by atoms with van der Waals surface area (Å²) in [5.74, 6) is 1.44. The fourth-order valence-corrected chi connectivity index (χ4v) is 5.03. The summed E-state index contributed by atoms with van der Waals surface area (Å²) in [6.45, 7) is 4.89. The Balaban J connectivity index is 1.19. The van der Waals surface area contributed by atoms with Gasteiger partial charge in [0.05, 0.1) is 0 Å². The van der Waals surface area contributed by atoms with Crippen molar-refractivity contribution in [2.75, 3.05) is 24.5 Å². The molecule has 4 rings (SSSR count). The number of nitrogens with one attached hydrogen (secondary N) is 1. The van der Waals surface area contributed by atoms with E-state index in [0.29, 0.717) is 5.92 Å². The smallest absolute Gasteiger partial charge is 0.251 e. The molecular formula is C27H34N4OS. The van der Waals surface area contributed by atoms with E-state index in [4.69, 9.17) is 4.98 Å². The van der Waals surface area contributed by atoms with E-state index in [0.717, 1.165) is 61.8 Å². The number of piperidine rings is 1. The number of carbonyl (C=O) groups is 1. The normalized spacial score (nSPS) is 14.4. The Labute approximate surface area is 201 Å². The highest BCUT2D eigenvalue weighted by molar-refractivity contribution is 7.09. The standard InChI is InChI=1S/C27H34N4OS/c1-2-3-5-8-21-11-13-24(14-12-21)26(32)28-20-23-15-17-31(18-16-23)27-29-25(30-33-27)19-22-9-6-4-7-10-22/h4,6-7,9-14,23H,2-3,5,8,15-20H2,1H3,(H,28,32). The second-order valence-corrected chi connectivity index (χ2v) is 9.68. The Hall–Kier alpha value is -2.73. The van der Waals surface area contributed by atoms with Crippen LogP contribution in [0.5, 0.6) is 0 Å². The van der Waals surface area contributed by atoms with Gasteiger partial charge in [0.15, 0.2) is 0 Å². The summed E-state index contributed by atoms with van der Waals surface area (Å²) in [6, 6.07) is 18.5. The van der Waals surface area contributed by atoms with E-state index in [2.05, 4.69) is 57.9 Å². The van der Waals surface area contributed by atoms with Crippen LogP contribution in [0.15, 0.2) is 54.6 Å². The average Bonchev–Trinajstić information content (AvgIpc) is 3.32. The number of nitrogens with zero attached hydrogens (tertiary/aromatic N) is 3. The van der Waals surface area contributed by atoms with E-state index >= 15 is 0 Å². The number of hydrogen-bond acceptors (Lipinski definition) is 5. The number of anilines is 1. The SMILES string of the molecule is CCCCCc1ccc(C(=O)NCC2CCN(c3nc(Cc4ccccc4)ns3)CC2)cc1. The van der Waals surface area contributed by atoms with Gasteiger partial charge in [-0.3, -0.25) is 4.79 Å². The minimum atomic E-state index is 0.0345. The minimum absolute atomic E-state index is 0.0345. The Morgan fingerprint density at radius 2 is 1.79 bits per heavy atom. The largest absolute Gasteiger partial charge is 0.352 e. The highest BCUT2D eigenvalue weighted by atomic mass is 32.1. The first kappa shape index (κ1) is 23.4. The molecule has 1 fully saturated rings. The molecule has 0 saturated carbocycles. The highest BCUT2D eigenvalue weighted by Gasteiger charge is 2.22. The van der Waals surface area contributed by atoms with Crippen LogP contribution < -0.4 is 10.2 Å². The summed E-state index contributed by atoms with van der Waals surface area (Å²) in [5, 5.41) is 4.16. The first-order chi connectivity index (χ1) is 16.2. The molecule has 1 saturated heterocycles. The molecule has 2 heterocycles.